The van der Waals surface area contributed by atoms with Crippen molar-refractivity contribution in [1.29, 1.82) is 0 Å². The zero-order valence-corrected chi connectivity index (χ0v) is 15.2. The van der Waals surface area contributed by atoms with E-state index in [1.54, 1.807) is 18.2 Å². The first kappa shape index (κ1) is 18.3. The van der Waals surface area contributed by atoms with Crippen LogP contribution in [0.15, 0.2) is 51.3 Å². The van der Waals surface area contributed by atoms with E-state index in [1.807, 2.05) is 0 Å². The number of alkyl halides is 5. The van der Waals surface area contributed by atoms with E-state index in [0.717, 1.165) is 10.7 Å². The van der Waals surface area contributed by atoms with Gasteiger partial charge in [-0.05, 0) is 18.2 Å². The molecule has 1 aromatic rings. The highest BCUT2D eigenvalue weighted by atomic mass is 79.9. The Morgan fingerprint density at radius 3 is 2.78 bits per heavy atom. The Bertz CT molecular complexity index is 881. The number of hydrogen-bond donors (Lipinski definition) is 0. The number of ether oxygens (including phenoxy) is 2. The molecule has 0 bridgehead atoms. The Hall–Kier alpha value is -2.10. The first-order valence-corrected chi connectivity index (χ1v) is 8.72. The lowest BCUT2D eigenvalue weighted by Gasteiger charge is -2.33. The molecule has 0 amide bonds. The van der Waals surface area contributed by atoms with E-state index >= 15 is 0 Å². The van der Waals surface area contributed by atoms with Gasteiger partial charge in [-0.1, -0.05) is 22.0 Å². The minimum atomic E-state index is -4.70. The highest BCUT2D eigenvalue weighted by Crippen LogP contribution is 2.46. The van der Waals surface area contributed by atoms with E-state index in [1.165, 1.54) is 4.90 Å². The summed E-state index contributed by atoms with van der Waals surface area (Å²) in [6.45, 7) is -2.88. The maximum Gasteiger partial charge on any atom is 0.417 e. The fraction of sp³-hybridized carbons (Fsp3) is 0.353. The molecule has 0 aliphatic carbocycles. The van der Waals surface area contributed by atoms with Crippen molar-refractivity contribution in [2.75, 3.05) is 13.2 Å². The molecule has 0 unspecified atom stereocenters. The molecular formula is C17H12BrF5N2O2. The van der Waals surface area contributed by atoms with Gasteiger partial charge < -0.3 is 14.4 Å². The largest absolute Gasteiger partial charge is 0.493 e. The van der Waals surface area contributed by atoms with E-state index in [0.29, 0.717) is 30.4 Å². The molecule has 1 spiro atoms. The second kappa shape index (κ2) is 6.22. The smallest absolute Gasteiger partial charge is 0.417 e. The summed E-state index contributed by atoms with van der Waals surface area (Å²) >= 11 is 3.34. The van der Waals surface area contributed by atoms with Crippen LogP contribution in [0.3, 0.4) is 0 Å². The van der Waals surface area contributed by atoms with Crippen molar-refractivity contribution in [2.24, 2.45) is 4.99 Å². The molecular weight excluding hydrogens is 439 g/mol. The molecule has 27 heavy (non-hydrogen) atoms. The maximum absolute atomic E-state index is 13.2. The van der Waals surface area contributed by atoms with Crippen LogP contribution < -0.4 is 4.74 Å². The zero-order valence-electron chi connectivity index (χ0n) is 13.6. The predicted molar refractivity (Wildman–Crippen MR) is 89.4 cm³/mol. The number of rotatable bonds is 2. The van der Waals surface area contributed by atoms with Crippen LogP contribution in [0.5, 0.6) is 5.75 Å². The highest BCUT2D eigenvalue weighted by molar-refractivity contribution is 9.10. The van der Waals surface area contributed by atoms with Gasteiger partial charge in [0.15, 0.2) is 11.6 Å². The van der Waals surface area contributed by atoms with Crippen LogP contribution in [0.4, 0.5) is 22.0 Å². The predicted octanol–water partition coefficient (Wildman–Crippen LogP) is 4.72. The molecule has 3 aliphatic heterocycles. The van der Waals surface area contributed by atoms with Crippen LogP contribution in [-0.4, -0.2) is 36.7 Å². The molecule has 3 heterocycles. The van der Waals surface area contributed by atoms with Gasteiger partial charge in [0.05, 0.1) is 18.7 Å². The number of hydrogen-bond acceptors (Lipinski definition) is 4. The quantitative estimate of drug-likeness (QED) is 0.611. The molecule has 144 valence electrons. The van der Waals surface area contributed by atoms with Gasteiger partial charge in [-0.15, -0.1) is 0 Å². The van der Waals surface area contributed by atoms with Gasteiger partial charge >= 0.3 is 12.8 Å². The van der Waals surface area contributed by atoms with Crippen molar-refractivity contribution in [2.45, 2.75) is 24.7 Å². The lowest BCUT2D eigenvalue weighted by Crippen LogP contribution is -2.37. The third-order valence-corrected chi connectivity index (χ3v) is 5.08. The number of amidine groups is 1. The summed E-state index contributed by atoms with van der Waals surface area (Å²) < 4.78 is 75.8. The molecule has 10 heteroatoms. The van der Waals surface area contributed by atoms with Crippen LogP contribution >= 0.6 is 15.9 Å². The van der Waals surface area contributed by atoms with Gasteiger partial charge in [0.2, 0.25) is 0 Å². The zero-order chi connectivity index (χ0) is 19.4. The van der Waals surface area contributed by atoms with E-state index in [-0.39, 0.29) is 12.4 Å². The summed E-state index contributed by atoms with van der Waals surface area (Å²) in [4.78, 5) is 5.75. The summed E-state index contributed by atoms with van der Waals surface area (Å²) in [5, 5.41) is 0. The van der Waals surface area contributed by atoms with Gasteiger partial charge in [0.25, 0.3) is 0 Å². The molecule has 0 saturated heterocycles. The van der Waals surface area contributed by atoms with Gasteiger partial charge in [0.1, 0.15) is 11.3 Å². The number of benzene rings is 1. The van der Waals surface area contributed by atoms with E-state index in [9.17, 15) is 22.0 Å². The summed E-state index contributed by atoms with van der Waals surface area (Å²) in [7, 11) is 0. The van der Waals surface area contributed by atoms with E-state index in [2.05, 4.69) is 25.7 Å². The SMILES string of the molecule is FC(F)OC1=CC(C(F)(F)F)=CN2C[C@@]3(CCOc4cc(Br)ccc43)N=C12. The first-order valence-electron chi connectivity index (χ1n) is 7.93. The molecule has 0 fully saturated rings. The molecule has 0 aromatic heterocycles. The number of halogens is 6. The normalized spacial score (nSPS) is 24.1. The highest BCUT2D eigenvalue weighted by Gasteiger charge is 2.48. The standard InChI is InChI=1S/C17H12BrF5N2O2/c18-10-1-2-11-12(6-10)26-4-3-16(11)8-25-7-9(17(21,22)23)5-13(14(25)24-16)27-15(19)20/h1-2,5-7,15H,3-4,8H2/t16-/m1/s1. The second-order valence-corrected chi connectivity index (χ2v) is 7.22. The Morgan fingerprint density at radius 1 is 1.30 bits per heavy atom. The minimum Gasteiger partial charge on any atom is -0.493 e. The van der Waals surface area contributed by atoms with Gasteiger partial charge in [0, 0.05) is 22.7 Å². The van der Waals surface area contributed by atoms with Crippen LogP contribution in [0.25, 0.3) is 0 Å². The second-order valence-electron chi connectivity index (χ2n) is 6.30. The number of fused-ring (bicyclic) bond motifs is 3. The molecule has 0 radical (unpaired) electrons. The molecule has 1 aromatic carbocycles. The lowest BCUT2D eigenvalue weighted by atomic mass is 9.85. The molecule has 0 saturated carbocycles. The van der Waals surface area contributed by atoms with Crippen molar-refractivity contribution in [1.82, 2.24) is 4.90 Å². The Balaban J connectivity index is 1.80. The fourth-order valence-electron chi connectivity index (χ4n) is 3.46. The van der Waals surface area contributed by atoms with E-state index < -0.39 is 29.7 Å². The lowest BCUT2D eigenvalue weighted by molar-refractivity contribution is -0.0981. The van der Waals surface area contributed by atoms with E-state index in [4.69, 9.17) is 4.74 Å². The number of allylic oxidation sites excluding steroid dienone is 2. The summed E-state index contributed by atoms with van der Waals surface area (Å²) in [5.41, 5.74) is -1.28. The molecule has 4 nitrogen and oxygen atoms in total. The molecule has 0 N–H and O–H groups in total. The van der Waals surface area contributed by atoms with Crippen molar-refractivity contribution < 1.29 is 31.4 Å². The topological polar surface area (TPSA) is 34.1 Å². The summed E-state index contributed by atoms with van der Waals surface area (Å²) in [5.74, 6) is -0.0823. The summed E-state index contributed by atoms with van der Waals surface area (Å²) in [6, 6.07) is 5.29. The van der Waals surface area contributed by atoms with Crippen LogP contribution in [0.2, 0.25) is 0 Å². The van der Waals surface area contributed by atoms with Crippen molar-refractivity contribution in [3.63, 3.8) is 0 Å². The Kier molecular flexibility index (Phi) is 4.21. The van der Waals surface area contributed by atoms with Crippen LogP contribution in [-0.2, 0) is 10.3 Å². The van der Waals surface area contributed by atoms with Crippen LogP contribution in [0.1, 0.15) is 12.0 Å². The van der Waals surface area contributed by atoms with Gasteiger partial charge in [-0.25, -0.2) is 0 Å². The summed E-state index contributed by atoms with van der Waals surface area (Å²) in [6.07, 6.45) is -2.86. The van der Waals surface area contributed by atoms with Crippen molar-refractivity contribution in [3.05, 3.63) is 51.8 Å². The Labute approximate surface area is 159 Å². The van der Waals surface area contributed by atoms with Crippen molar-refractivity contribution in [3.8, 4) is 5.75 Å². The van der Waals surface area contributed by atoms with Gasteiger partial charge in [-0.3, -0.25) is 4.99 Å². The molecule has 4 rings (SSSR count). The van der Waals surface area contributed by atoms with Crippen LogP contribution in [0, 0.1) is 0 Å². The molecule has 3 aliphatic rings. The Morgan fingerprint density at radius 2 is 2.07 bits per heavy atom. The third kappa shape index (κ3) is 3.19. The first-order chi connectivity index (χ1) is 12.7. The van der Waals surface area contributed by atoms with Crippen molar-refractivity contribution >= 4 is 21.8 Å². The monoisotopic (exact) mass is 450 g/mol. The maximum atomic E-state index is 13.2. The molecule has 1 atom stereocenters. The third-order valence-electron chi connectivity index (χ3n) is 4.59. The fourth-order valence-corrected chi connectivity index (χ4v) is 3.80. The minimum absolute atomic E-state index is 0.0425. The number of aliphatic imine (C=N–C) groups is 1. The number of nitrogens with zero attached hydrogens (tertiary/aromatic N) is 2. The van der Waals surface area contributed by atoms with Gasteiger partial charge in [-0.2, -0.15) is 22.0 Å². The average molecular weight is 451 g/mol. The average Bonchev–Trinajstić information content (AvgIpc) is 2.92.